The molecule has 2 nitrogen and oxygen atoms in total. The smallest absolute Gasteiger partial charge is 0.332 e. The van der Waals surface area contributed by atoms with E-state index in [1.165, 1.54) is 6.08 Å². The van der Waals surface area contributed by atoms with Gasteiger partial charge in [-0.1, -0.05) is 70.2 Å². The van der Waals surface area contributed by atoms with E-state index >= 15 is 0 Å². The van der Waals surface area contributed by atoms with Crippen molar-refractivity contribution in [3.8, 4) is 0 Å². The van der Waals surface area contributed by atoms with Gasteiger partial charge in [0.25, 0.3) is 0 Å². The highest BCUT2D eigenvalue weighted by molar-refractivity contribution is 6.69. The van der Waals surface area contributed by atoms with Gasteiger partial charge in [-0.3, -0.25) is 0 Å². The maximum atomic E-state index is 11.0. The van der Waals surface area contributed by atoms with Gasteiger partial charge >= 0.3 is 5.97 Å². The van der Waals surface area contributed by atoms with Gasteiger partial charge in [0.05, 0.1) is 5.38 Å². The lowest BCUT2D eigenvalue weighted by Gasteiger charge is -2.44. The summed E-state index contributed by atoms with van der Waals surface area (Å²) in [6.07, 6.45) is 2.31. The number of allylic oxidation sites excluding steroid dienone is 1. The number of carbonyl (C=O) groups is 1. The van der Waals surface area contributed by atoms with Crippen LogP contribution in [0.2, 0.25) is 0 Å². The van der Waals surface area contributed by atoms with Crippen LogP contribution in [0.5, 0.6) is 0 Å². The lowest BCUT2D eigenvalue weighted by molar-refractivity contribution is -0.139. The van der Waals surface area contributed by atoms with Gasteiger partial charge < -0.3 is 5.11 Å². The molecule has 0 fully saturated rings. The molecule has 0 saturated carbocycles. The van der Waals surface area contributed by atoms with Gasteiger partial charge in [-0.2, -0.15) is 0 Å². The third kappa shape index (κ3) is 1.84. The van der Waals surface area contributed by atoms with Gasteiger partial charge in [-0.15, -0.1) is 11.6 Å². The lowest BCUT2D eigenvalue weighted by atomic mass is 9.92. The lowest BCUT2D eigenvalue weighted by Crippen LogP contribution is -2.61. The zero-order valence-electron chi connectivity index (χ0n) is 6.86. The fourth-order valence-corrected chi connectivity index (χ4v) is 2.70. The summed E-state index contributed by atoms with van der Waals surface area (Å²) < 4.78 is -4.07. The Bertz CT molecular complexity index is 325. The van der Waals surface area contributed by atoms with Crippen LogP contribution in [0.15, 0.2) is 12.2 Å². The van der Waals surface area contributed by atoms with Crippen LogP contribution >= 0.6 is 69.6 Å². The minimum Gasteiger partial charge on any atom is -0.480 e. The maximum absolute atomic E-state index is 11.0. The SMILES string of the molecule is O=C(O)C1(Cl)C=CC(Cl)C(Cl)(Cl)C1(Cl)Cl. The van der Waals surface area contributed by atoms with E-state index in [0.717, 1.165) is 6.08 Å². The predicted molar refractivity (Wildman–Crippen MR) is 63.9 cm³/mol. The fourth-order valence-electron chi connectivity index (χ4n) is 1.06. The number of alkyl halides is 6. The number of carboxylic acids is 1. The van der Waals surface area contributed by atoms with E-state index in [4.69, 9.17) is 74.7 Å². The van der Waals surface area contributed by atoms with E-state index in [0.29, 0.717) is 0 Å². The molecule has 2 atom stereocenters. The molecule has 86 valence electrons. The predicted octanol–water partition coefficient (Wildman–Crippen LogP) is 3.57. The Kier molecular flexibility index (Phi) is 3.74. The standard InChI is InChI=1S/C7H4Cl6O2/c8-3-1-2-5(9,4(14)15)7(12,13)6(3,10)11/h1-3H,(H,14,15). The molecule has 0 bridgehead atoms. The molecule has 8 heteroatoms. The van der Waals surface area contributed by atoms with Crippen molar-refractivity contribution in [1.82, 2.24) is 0 Å². The fraction of sp³-hybridized carbons (Fsp3) is 0.571. The minimum atomic E-state index is -2.16. The molecule has 0 amide bonds. The highest BCUT2D eigenvalue weighted by atomic mass is 35.5. The quantitative estimate of drug-likeness (QED) is 0.588. The first-order chi connectivity index (χ1) is 6.57. The monoisotopic (exact) mass is 330 g/mol. The molecular weight excluding hydrogens is 329 g/mol. The normalized spacial score (nSPS) is 37.6. The molecule has 1 aliphatic rings. The van der Waals surface area contributed by atoms with Crippen molar-refractivity contribution >= 4 is 75.6 Å². The van der Waals surface area contributed by atoms with Crippen molar-refractivity contribution in [3.05, 3.63) is 12.2 Å². The van der Waals surface area contributed by atoms with Crippen LogP contribution in [0.25, 0.3) is 0 Å². The zero-order valence-corrected chi connectivity index (χ0v) is 11.4. The topological polar surface area (TPSA) is 37.3 Å². The molecule has 0 aromatic rings. The van der Waals surface area contributed by atoms with Gasteiger partial charge in [0.1, 0.15) is 0 Å². The molecule has 0 saturated heterocycles. The Morgan fingerprint density at radius 1 is 1.20 bits per heavy atom. The third-order valence-corrected chi connectivity index (χ3v) is 6.11. The van der Waals surface area contributed by atoms with E-state index in [9.17, 15) is 4.79 Å². The number of rotatable bonds is 1. The van der Waals surface area contributed by atoms with E-state index in [2.05, 4.69) is 0 Å². The van der Waals surface area contributed by atoms with Crippen LogP contribution in [0, 0.1) is 0 Å². The Labute approximate surface area is 116 Å². The summed E-state index contributed by atoms with van der Waals surface area (Å²) in [7, 11) is 0. The van der Waals surface area contributed by atoms with E-state index < -0.39 is 24.9 Å². The van der Waals surface area contributed by atoms with Gasteiger partial charge in [0.15, 0.2) is 13.5 Å². The minimum absolute atomic E-state index is 0.943. The first-order valence-electron chi connectivity index (χ1n) is 3.58. The largest absolute Gasteiger partial charge is 0.480 e. The van der Waals surface area contributed by atoms with Gasteiger partial charge in [0.2, 0.25) is 0 Å². The molecule has 2 unspecified atom stereocenters. The average Bonchev–Trinajstić information content (AvgIpc) is 2.10. The molecule has 1 aliphatic carbocycles. The third-order valence-electron chi connectivity index (χ3n) is 2.03. The summed E-state index contributed by atoms with van der Waals surface area (Å²) in [5, 5.41) is 8.00. The van der Waals surface area contributed by atoms with Crippen LogP contribution in [0.3, 0.4) is 0 Å². The van der Waals surface area contributed by atoms with E-state index in [1.807, 2.05) is 0 Å². The number of hydrogen-bond donors (Lipinski definition) is 1. The first-order valence-corrected chi connectivity index (χ1v) is 5.91. The van der Waals surface area contributed by atoms with Crippen molar-refractivity contribution in [3.63, 3.8) is 0 Å². The van der Waals surface area contributed by atoms with Gasteiger partial charge in [0, 0.05) is 0 Å². The van der Waals surface area contributed by atoms with Gasteiger partial charge in [-0.25, -0.2) is 4.79 Å². The molecule has 0 radical (unpaired) electrons. The second-order valence-corrected chi connectivity index (χ2v) is 6.75. The molecule has 0 aromatic heterocycles. The Morgan fingerprint density at radius 3 is 2.07 bits per heavy atom. The molecule has 1 rings (SSSR count). The summed E-state index contributed by atoms with van der Waals surface area (Å²) in [4.78, 5) is 8.85. The number of halogens is 6. The van der Waals surface area contributed by atoms with Crippen LogP contribution < -0.4 is 0 Å². The van der Waals surface area contributed by atoms with Crippen molar-refractivity contribution < 1.29 is 9.90 Å². The van der Waals surface area contributed by atoms with E-state index in [1.54, 1.807) is 0 Å². The van der Waals surface area contributed by atoms with Crippen molar-refractivity contribution in [2.45, 2.75) is 18.9 Å². The Morgan fingerprint density at radius 2 is 1.67 bits per heavy atom. The summed E-state index contributed by atoms with van der Waals surface area (Å²) in [5.74, 6) is -1.46. The molecule has 0 aliphatic heterocycles. The van der Waals surface area contributed by atoms with Crippen LogP contribution in [0.1, 0.15) is 0 Å². The molecule has 0 aromatic carbocycles. The highest BCUT2D eigenvalue weighted by Gasteiger charge is 2.67. The maximum Gasteiger partial charge on any atom is 0.332 e. The zero-order chi connectivity index (χ0) is 12.1. The van der Waals surface area contributed by atoms with Crippen molar-refractivity contribution in [2.75, 3.05) is 0 Å². The van der Waals surface area contributed by atoms with Crippen molar-refractivity contribution in [2.24, 2.45) is 0 Å². The molecular formula is C7H4Cl6O2. The molecule has 15 heavy (non-hydrogen) atoms. The number of hydrogen-bond acceptors (Lipinski definition) is 1. The first kappa shape index (κ1) is 14.0. The molecule has 1 N–H and O–H groups in total. The number of carboxylic acid groups (broad SMARTS) is 1. The molecule has 0 heterocycles. The summed E-state index contributed by atoms with van der Waals surface area (Å²) in [6, 6.07) is 0. The summed E-state index contributed by atoms with van der Waals surface area (Å²) in [5.41, 5.74) is 0. The highest BCUT2D eigenvalue weighted by Crippen LogP contribution is 2.58. The number of aliphatic carboxylic acids is 1. The second kappa shape index (κ2) is 4.01. The Balaban J connectivity index is 3.37. The van der Waals surface area contributed by atoms with Crippen LogP contribution in [0.4, 0.5) is 0 Å². The van der Waals surface area contributed by atoms with Crippen LogP contribution in [-0.4, -0.2) is 30.0 Å². The summed E-state index contributed by atoms with van der Waals surface area (Å²) >= 11 is 34.8. The molecule has 0 spiro atoms. The Hall–Kier alpha value is 0.950. The van der Waals surface area contributed by atoms with Crippen LogP contribution in [-0.2, 0) is 4.79 Å². The van der Waals surface area contributed by atoms with Crippen molar-refractivity contribution in [1.29, 1.82) is 0 Å². The second-order valence-electron chi connectivity index (χ2n) is 2.98. The summed E-state index contributed by atoms with van der Waals surface area (Å²) in [6.45, 7) is 0. The van der Waals surface area contributed by atoms with E-state index in [-0.39, 0.29) is 0 Å². The van der Waals surface area contributed by atoms with Gasteiger partial charge in [-0.05, 0) is 0 Å². The average molecular weight is 333 g/mol.